The summed E-state index contributed by atoms with van der Waals surface area (Å²) < 4.78 is 15.4. The Balaban J connectivity index is 2.60. The molecular formula is C10H12Al2O4. The van der Waals surface area contributed by atoms with Gasteiger partial charge in [0.15, 0.2) is 0 Å². The maximum Gasteiger partial charge on any atom is 0.373 e. The Bertz CT molecular complexity index is 298. The molecule has 0 saturated heterocycles. The first kappa shape index (κ1) is 14.0. The second-order valence-corrected chi connectivity index (χ2v) is 3.88. The SMILES string of the molecule is CC(O)COc1ccc(C([O][Al])[O][Al])cc1. The van der Waals surface area contributed by atoms with Crippen LogP contribution in [-0.2, 0) is 7.58 Å². The van der Waals surface area contributed by atoms with Crippen molar-refractivity contribution >= 4 is 33.2 Å². The van der Waals surface area contributed by atoms with E-state index in [1.807, 2.05) is 12.1 Å². The van der Waals surface area contributed by atoms with E-state index >= 15 is 0 Å². The third-order valence-electron chi connectivity index (χ3n) is 1.89. The molecule has 0 aromatic heterocycles. The highest BCUT2D eigenvalue weighted by Gasteiger charge is 2.06. The molecule has 0 aliphatic rings. The molecule has 1 N–H and O–H groups in total. The van der Waals surface area contributed by atoms with Crippen LogP contribution in [0.1, 0.15) is 18.8 Å². The van der Waals surface area contributed by atoms with E-state index in [-0.39, 0.29) is 6.61 Å². The Hall–Kier alpha value is -0.0351. The van der Waals surface area contributed by atoms with Gasteiger partial charge in [0.05, 0.1) is 6.10 Å². The molecule has 0 amide bonds. The highest BCUT2D eigenvalue weighted by atomic mass is 27.1. The smallest absolute Gasteiger partial charge is 0.373 e. The van der Waals surface area contributed by atoms with Crippen LogP contribution in [0.25, 0.3) is 0 Å². The van der Waals surface area contributed by atoms with Crippen LogP contribution in [0.3, 0.4) is 0 Å². The summed E-state index contributed by atoms with van der Waals surface area (Å²) in [5.41, 5.74) is 0.884. The van der Waals surface area contributed by atoms with E-state index in [0.29, 0.717) is 5.75 Å². The molecule has 1 unspecified atom stereocenters. The lowest BCUT2D eigenvalue weighted by atomic mass is 10.2. The van der Waals surface area contributed by atoms with Gasteiger partial charge in [0.25, 0.3) is 0 Å². The van der Waals surface area contributed by atoms with E-state index in [9.17, 15) is 0 Å². The molecule has 0 aliphatic heterocycles. The molecular weight excluding hydrogens is 238 g/mol. The van der Waals surface area contributed by atoms with Gasteiger partial charge in [0.1, 0.15) is 18.6 Å². The summed E-state index contributed by atoms with van der Waals surface area (Å²) in [6, 6.07) is 7.29. The molecule has 0 heterocycles. The fourth-order valence-electron chi connectivity index (χ4n) is 1.13. The molecule has 4 nitrogen and oxygen atoms in total. The molecule has 1 aromatic carbocycles. The number of aliphatic hydroxyl groups is 1. The van der Waals surface area contributed by atoms with Crippen LogP contribution >= 0.6 is 0 Å². The molecule has 0 saturated carbocycles. The van der Waals surface area contributed by atoms with Gasteiger partial charge in [-0.15, -0.1) is 0 Å². The van der Waals surface area contributed by atoms with E-state index in [1.165, 1.54) is 0 Å². The minimum atomic E-state index is -0.474. The van der Waals surface area contributed by atoms with Crippen LogP contribution in [0.4, 0.5) is 0 Å². The molecule has 1 rings (SSSR count). The lowest BCUT2D eigenvalue weighted by molar-refractivity contribution is 0.0180. The quantitative estimate of drug-likeness (QED) is 0.594. The number of ether oxygens (including phenoxy) is 1. The van der Waals surface area contributed by atoms with Crippen molar-refractivity contribution < 1.29 is 17.4 Å². The van der Waals surface area contributed by atoms with Crippen molar-refractivity contribution in [3.05, 3.63) is 29.8 Å². The fraction of sp³-hybridized carbons (Fsp3) is 0.400. The van der Waals surface area contributed by atoms with E-state index in [4.69, 9.17) is 17.4 Å². The standard InChI is InChI=1S/C10H12O4.2Al/c1-7(11)6-14-9-4-2-8(3-5-9)10(12)13;;/h2-5,7,10-11H,6H2,1H3;;/q-2;2*+1. The topological polar surface area (TPSA) is 47.9 Å². The van der Waals surface area contributed by atoms with Gasteiger partial charge in [0, 0.05) is 5.56 Å². The van der Waals surface area contributed by atoms with Crippen molar-refractivity contribution in [2.24, 2.45) is 0 Å². The van der Waals surface area contributed by atoms with E-state index in [1.54, 1.807) is 19.1 Å². The zero-order valence-electron chi connectivity index (χ0n) is 9.00. The van der Waals surface area contributed by atoms with Crippen LogP contribution in [0.2, 0.25) is 0 Å². The molecule has 0 fully saturated rings. The van der Waals surface area contributed by atoms with E-state index in [0.717, 1.165) is 5.56 Å². The van der Waals surface area contributed by atoms with Crippen LogP contribution in [-0.4, -0.2) is 51.1 Å². The Morgan fingerprint density at radius 3 is 2.19 bits per heavy atom. The molecule has 1 atom stereocenters. The van der Waals surface area contributed by atoms with E-state index in [2.05, 4.69) is 33.2 Å². The van der Waals surface area contributed by atoms with Gasteiger partial charge in [-0.1, -0.05) is 12.1 Å². The van der Waals surface area contributed by atoms with Crippen LogP contribution in [0, 0.1) is 0 Å². The Labute approximate surface area is 112 Å². The average molecular weight is 250 g/mol. The largest absolute Gasteiger partial charge is 0.494 e. The van der Waals surface area contributed by atoms with Crippen molar-refractivity contribution in [3.63, 3.8) is 0 Å². The first-order valence-corrected chi connectivity index (χ1v) is 5.73. The Morgan fingerprint density at radius 1 is 1.19 bits per heavy atom. The van der Waals surface area contributed by atoms with Gasteiger partial charge in [0.2, 0.25) is 0 Å². The highest BCUT2D eigenvalue weighted by Crippen LogP contribution is 2.20. The number of hydrogen-bond acceptors (Lipinski definition) is 4. The Morgan fingerprint density at radius 2 is 1.75 bits per heavy atom. The van der Waals surface area contributed by atoms with Gasteiger partial charge in [-0.2, -0.15) is 0 Å². The van der Waals surface area contributed by atoms with E-state index < -0.39 is 12.4 Å². The maximum absolute atomic E-state index is 9.06. The lowest BCUT2D eigenvalue weighted by Crippen LogP contribution is -2.12. The van der Waals surface area contributed by atoms with Gasteiger partial charge in [-0.25, -0.2) is 0 Å². The average Bonchev–Trinajstić information content (AvgIpc) is 2.29. The van der Waals surface area contributed by atoms with Crippen molar-refractivity contribution in [2.45, 2.75) is 19.3 Å². The van der Waals surface area contributed by atoms with Gasteiger partial charge < -0.3 is 17.4 Å². The third kappa shape index (κ3) is 4.45. The van der Waals surface area contributed by atoms with Gasteiger partial charge in [-0.05, 0) is 19.1 Å². The summed E-state index contributed by atoms with van der Waals surface area (Å²) in [7, 11) is 0. The van der Waals surface area contributed by atoms with Crippen molar-refractivity contribution in [2.75, 3.05) is 6.61 Å². The molecule has 82 valence electrons. The molecule has 0 spiro atoms. The summed E-state index contributed by atoms with van der Waals surface area (Å²) in [6.45, 7) is 1.96. The van der Waals surface area contributed by atoms with Crippen molar-refractivity contribution in [1.29, 1.82) is 0 Å². The highest BCUT2D eigenvalue weighted by molar-refractivity contribution is 5.99. The normalized spacial score (nSPS) is 12.7. The minimum Gasteiger partial charge on any atom is -0.494 e. The molecule has 0 aliphatic carbocycles. The molecule has 6 heteroatoms. The van der Waals surface area contributed by atoms with Crippen LogP contribution < -0.4 is 4.74 Å². The lowest BCUT2D eigenvalue weighted by Gasteiger charge is -2.18. The summed E-state index contributed by atoms with van der Waals surface area (Å²) in [4.78, 5) is 0. The first-order chi connectivity index (χ1) is 7.67. The molecule has 1 aromatic rings. The summed E-state index contributed by atoms with van der Waals surface area (Å²) in [5, 5.41) is 9.06. The first-order valence-electron chi connectivity index (χ1n) is 4.79. The second-order valence-electron chi connectivity index (χ2n) is 3.33. The number of benzene rings is 1. The summed E-state index contributed by atoms with van der Waals surface area (Å²) >= 11 is 4.31. The number of aliphatic hydroxyl groups excluding tert-OH is 1. The van der Waals surface area contributed by atoms with Crippen molar-refractivity contribution in [1.82, 2.24) is 0 Å². The monoisotopic (exact) mass is 250 g/mol. The number of rotatable bonds is 6. The molecule has 0 bridgehead atoms. The van der Waals surface area contributed by atoms with Crippen LogP contribution in [0.15, 0.2) is 24.3 Å². The third-order valence-corrected chi connectivity index (χ3v) is 2.39. The summed E-state index contributed by atoms with van der Waals surface area (Å²) in [5.74, 6) is 0.705. The predicted octanol–water partition coefficient (Wildman–Crippen LogP) is 0.645. The predicted molar refractivity (Wildman–Crippen MR) is 60.0 cm³/mol. The van der Waals surface area contributed by atoms with Crippen LogP contribution in [0.5, 0.6) is 5.75 Å². The van der Waals surface area contributed by atoms with Crippen molar-refractivity contribution in [3.8, 4) is 5.75 Å². The fourth-order valence-corrected chi connectivity index (χ4v) is 1.70. The maximum atomic E-state index is 9.06. The molecule has 4 radical (unpaired) electrons. The van der Waals surface area contributed by atoms with Gasteiger partial charge in [-0.3, -0.25) is 0 Å². The zero-order chi connectivity index (χ0) is 12.0. The molecule has 16 heavy (non-hydrogen) atoms. The number of hydrogen-bond donors (Lipinski definition) is 1. The Kier molecular flexibility index (Phi) is 6.42. The second kappa shape index (κ2) is 7.32. The summed E-state index contributed by atoms with van der Waals surface area (Å²) in [6.07, 6.45) is -0.904. The van der Waals surface area contributed by atoms with Gasteiger partial charge >= 0.3 is 33.2 Å². The zero-order valence-corrected chi connectivity index (χ0v) is 11.3. The minimum absolute atomic E-state index is 0.281.